The predicted octanol–water partition coefficient (Wildman–Crippen LogP) is 5.02. The molecule has 1 unspecified atom stereocenters. The van der Waals surface area contributed by atoms with E-state index in [0.717, 1.165) is 18.8 Å². The fourth-order valence-electron chi connectivity index (χ4n) is 2.19. The number of carbonyl (C=O) groups is 1. The molecule has 0 fully saturated rings. The SMILES string of the molecule is CCCCCCCCC(C)CCCCC(=O)O. The summed E-state index contributed by atoms with van der Waals surface area (Å²) in [5.74, 6) is 0.114. The van der Waals surface area contributed by atoms with E-state index in [9.17, 15) is 4.79 Å². The molecule has 0 saturated carbocycles. The summed E-state index contributed by atoms with van der Waals surface area (Å²) < 4.78 is 0. The van der Waals surface area contributed by atoms with Gasteiger partial charge in [-0.3, -0.25) is 4.79 Å². The van der Waals surface area contributed by atoms with Gasteiger partial charge in [-0.2, -0.15) is 0 Å². The molecule has 2 heteroatoms. The van der Waals surface area contributed by atoms with Gasteiger partial charge in [0.15, 0.2) is 0 Å². The summed E-state index contributed by atoms with van der Waals surface area (Å²) in [6, 6.07) is 0. The summed E-state index contributed by atoms with van der Waals surface area (Å²) >= 11 is 0. The molecule has 102 valence electrons. The van der Waals surface area contributed by atoms with Crippen LogP contribution >= 0.6 is 0 Å². The van der Waals surface area contributed by atoms with E-state index in [4.69, 9.17) is 5.11 Å². The third kappa shape index (κ3) is 13.4. The lowest BCUT2D eigenvalue weighted by atomic mass is 9.96. The molecular formula is C15H30O2. The largest absolute Gasteiger partial charge is 0.481 e. The molecular weight excluding hydrogens is 212 g/mol. The van der Waals surface area contributed by atoms with Crippen LogP contribution in [0.5, 0.6) is 0 Å². The summed E-state index contributed by atoms with van der Waals surface area (Å²) in [4.78, 5) is 10.3. The van der Waals surface area contributed by atoms with Crippen LogP contribution in [0, 0.1) is 5.92 Å². The van der Waals surface area contributed by atoms with E-state index in [1.165, 1.54) is 51.4 Å². The third-order valence-electron chi connectivity index (χ3n) is 3.39. The summed E-state index contributed by atoms with van der Waals surface area (Å²) in [6.45, 7) is 4.55. The average molecular weight is 242 g/mol. The van der Waals surface area contributed by atoms with Gasteiger partial charge in [0.05, 0.1) is 0 Å². The Hall–Kier alpha value is -0.530. The first-order valence-corrected chi connectivity index (χ1v) is 7.38. The van der Waals surface area contributed by atoms with Crippen LogP contribution in [-0.2, 0) is 4.79 Å². The van der Waals surface area contributed by atoms with Gasteiger partial charge in [-0.15, -0.1) is 0 Å². The molecule has 0 spiro atoms. The van der Waals surface area contributed by atoms with Crippen LogP contribution in [0.4, 0.5) is 0 Å². The Balaban J connectivity index is 3.17. The van der Waals surface area contributed by atoms with Crippen molar-refractivity contribution in [3.8, 4) is 0 Å². The van der Waals surface area contributed by atoms with Crippen LogP contribution in [-0.4, -0.2) is 11.1 Å². The van der Waals surface area contributed by atoms with Gasteiger partial charge in [0, 0.05) is 6.42 Å². The minimum Gasteiger partial charge on any atom is -0.481 e. The normalized spacial score (nSPS) is 12.6. The van der Waals surface area contributed by atoms with Gasteiger partial charge in [-0.1, -0.05) is 71.6 Å². The molecule has 0 saturated heterocycles. The Morgan fingerprint density at radius 2 is 1.47 bits per heavy atom. The molecule has 17 heavy (non-hydrogen) atoms. The number of carboxylic acids is 1. The molecule has 0 amide bonds. The zero-order valence-corrected chi connectivity index (χ0v) is 11.7. The number of unbranched alkanes of at least 4 members (excludes halogenated alkanes) is 6. The van der Waals surface area contributed by atoms with Crippen molar-refractivity contribution in [2.75, 3.05) is 0 Å². The molecule has 0 radical (unpaired) electrons. The zero-order chi connectivity index (χ0) is 12.9. The maximum absolute atomic E-state index is 10.3. The van der Waals surface area contributed by atoms with Crippen molar-refractivity contribution in [3.63, 3.8) is 0 Å². The lowest BCUT2D eigenvalue weighted by Crippen LogP contribution is -1.98. The van der Waals surface area contributed by atoms with E-state index < -0.39 is 5.97 Å². The van der Waals surface area contributed by atoms with Crippen LogP contribution in [0.2, 0.25) is 0 Å². The summed E-state index contributed by atoms with van der Waals surface area (Å²) in [5, 5.41) is 8.52. The fourth-order valence-corrected chi connectivity index (χ4v) is 2.19. The summed E-state index contributed by atoms with van der Waals surface area (Å²) in [5.41, 5.74) is 0. The second-order valence-electron chi connectivity index (χ2n) is 5.30. The van der Waals surface area contributed by atoms with E-state index in [2.05, 4.69) is 13.8 Å². The summed E-state index contributed by atoms with van der Waals surface area (Å²) in [6.07, 6.45) is 13.0. The number of carboxylic acid groups (broad SMARTS) is 1. The maximum Gasteiger partial charge on any atom is 0.303 e. The van der Waals surface area contributed by atoms with E-state index in [0.29, 0.717) is 6.42 Å². The van der Waals surface area contributed by atoms with Gasteiger partial charge in [0.25, 0.3) is 0 Å². The Morgan fingerprint density at radius 3 is 2.06 bits per heavy atom. The highest BCUT2D eigenvalue weighted by Gasteiger charge is 2.03. The molecule has 0 aromatic heterocycles. The van der Waals surface area contributed by atoms with Crippen LogP contribution in [0.25, 0.3) is 0 Å². The van der Waals surface area contributed by atoms with Crippen molar-refractivity contribution in [2.24, 2.45) is 5.92 Å². The molecule has 0 aromatic carbocycles. The Morgan fingerprint density at radius 1 is 0.941 bits per heavy atom. The van der Waals surface area contributed by atoms with Gasteiger partial charge in [0.2, 0.25) is 0 Å². The standard InChI is InChI=1S/C15H30O2/c1-3-4-5-6-7-8-11-14(2)12-9-10-13-15(16)17/h14H,3-13H2,1-2H3,(H,16,17). The van der Waals surface area contributed by atoms with Gasteiger partial charge in [-0.05, 0) is 12.3 Å². The van der Waals surface area contributed by atoms with Crippen molar-refractivity contribution < 1.29 is 9.90 Å². The van der Waals surface area contributed by atoms with Crippen molar-refractivity contribution in [2.45, 2.75) is 84.5 Å². The smallest absolute Gasteiger partial charge is 0.303 e. The molecule has 0 rings (SSSR count). The molecule has 0 aliphatic heterocycles. The van der Waals surface area contributed by atoms with E-state index >= 15 is 0 Å². The first-order valence-electron chi connectivity index (χ1n) is 7.38. The van der Waals surface area contributed by atoms with Crippen molar-refractivity contribution in [1.82, 2.24) is 0 Å². The van der Waals surface area contributed by atoms with Gasteiger partial charge in [0.1, 0.15) is 0 Å². The van der Waals surface area contributed by atoms with Crippen LogP contribution < -0.4 is 0 Å². The Bertz CT molecular complexity index is 178. The van der Waals surface area contributed by atoms with Gasteiger partial charge in [-0.25, -0.2) is 0 Å². The second-order valence-corrected chi connectivity index (χ2v) is 5.30. The molecule has 0 bridgehead atoms. The average Bonchev–Trinajstić information content (AvgIpc) is 2.29. The van der Waals surface area contributed by atoms with Gasteiger partial charge >= 0.3 is 5.97 Å². The summed E-state index contributed by atoms with van der Waals surface area (Å²) in [7, 11) is 0. The topological polar surface area (TPSA) is 37.3 Å². The number of aliphatic carboxylic acids is 1. The Labute approximate surface area is 107 Å². The highest BCUT2D eigenvalue weighted by Crippen LogP contribution is 2.17. The highest BCUT2D eigenvalue weighted by molar-refractivity contribution is 5.66. The quantitative estimate of drug-likeness (QED) is 0.488. The molecule has 1 N–H and O–H groups in total. The van der Waals surface area contributed by atoms with E-state index in [1.54, 1.807) is 0 Å². The first-order chi connectivity index (χ1) is 8.16. The number of rotatable bonds is 12. The van der Waals surface area contributed by atoms with E-state index in [1.807, 2.05) is 0 Å². The van der Waals surface area contributed by atoms with Crippen molar-refractivity contribution >= 4 is 5.97 Å². The van der Waals surface area contributed by atoms with Crippen molar-refractivity contribution in [1.29, 1.82) is 0 Å². The van der Waals surface area contributed by atoms with Crippen LogP contribution in [0.15, 0.2) is 0 Å². The fraction of sp³-hybridized carbons (Fsp3) is 0.933. The lowest BCUT2D eigenvalue weighted by molar-refractivity contribution is -0.137. The third-order valence-corrected chi connectivity index (χ3v) is 3.39. The Kier molecular flexibility index (Phi) is 11.6. The van der Waals surface area contributed by atoms with Crippen LogP contribution in [0.1, 0.15) is 84.5 Å². The minimum atomic E-state index is -0.659. The molecule has 0 aromatic rings. The van der Waals surface area contributed by atoms with Gasteiger partial charge < -0.3 is 5.11 Å². The highest BCUT2D eigenvalue weighted by atomic mass is 16.4. The zero-order valence-electron chi connectivity index (χ0n) is 11.7. The monoisotopic (exact) mass is 242 g/mol. The molecule has 0 heterocycles. The van der Waals surface area contributed by atoms with Crippen LogP contribution in [0.3, 0.4) is 0 Å². The minimum absolute atomic E-state index is 0.337. The number of hydrogen-bond donors (Lipinski definition) is 1. The molecule has 0 aliphatic carbocycles. The molecule has 2 nitrogen and oxygen atoms in total. The van der Waals surface area contributed by atoms with Crippen molar-refractivity contribution in [3.05, 3.63) is 0 Å². The number of hydrogen-bond acceptors (Lipinski definition) is 1. The molecule has 1 atom stereocenters. The second kappa shape index (κ2) is 11.9. The van der Waals surface area contributed by atoms with E-state index in [-0.39, 0.29) is 0 Å². The predicted molar refractivity (Wildman–Crippen MR) is 73.3 cm³/mol. The molecule has 0 aliphatic rings. The lowest BCUT2D eigenvalue weighted by Gasteiger charge is -2.10. The maximum atomic E-state index is 10.3. The first kappa shape index (κ1) is 16.5.